The number of hydrogen-bond donors (Lipinski definition) is 1. The molecule has 4 rings (SSSR count). The molecular weight excluding hydrogens is 441 g/mol. The maximum absolute atomic E-state index is 13.0. The number of aromatic nitrogens is 6. The van der Waals surface area contributed by atoms with Crippen molar-refractivity contribution in [2.24, 2.45) is 14.1 Å². The van der Waals surface area contributed by atoms with Gasteiger partial charge in [0.25, 0.3) is 5.56 Å². The van der Waals surface area contributed by atoms with E-state index in [9.17, 15) is 9.59 Å². The number of imidazole rings is 2. The van der Waals surface area contributed by atoms with Crippen molar-refractivity contribution < 1.29 is 0 Å². The van der Waals surface area contributed by atoms with Crippen molar-refractivity contribution >= 4 is 40.3 Å². The van der Waals surface area contributed by atoms with Gasteiger partial charge in [0.2, 0.25) is 5.95 Å². The molecule has 0 bridgehead atoms. The Morgan fingerprint density at radius 3 is 2.52 bits per heavy atom. The Kier molecular flexibility index (Phi) is 5.88. The van der Waals surface area contributed by atoms with E-state index in [1.54, 1.807) is 42.3 Å². The van der Waals surface area contributed by atoms with Gasteiger partial charge in [-0.3, -0.25) is 18.5 Å². The van der Waals surface area contributed by atoms with Crippen molar-refractivity contribution in [1.29, 1.82) is 0 Å². The van der Waals surface area contributed by atoms with Crippen molar-refractivity contribution in [1.82, 2.24) is 28.2 Å². The number of nitrogens with one attached hydrogen (secondary N) is 1. The molecule has 0 radical (unpaired) electrons. The van der Waals surface area contributed by atoms with Gasteiger partial charge < -0.3 is 9.88 Å². The minimum absolute atomic E-state index is 0.228. The molecule has 0 aliphatic carbocycles. The zero-order chi connectivity index (χ0) is 22.1. The van der Waals surface area contributed by atoms with Gasteiger partial charge >= 0.3 is 5.69 Å². The number of benzene rings is 1. The number of aryl methyl sites for hydroxylation is 2. The van der Waals surface area contributed by atoms with Crippen molar-refractivity contribution in [3.05, 3.63) is 73.4 Å². The fourth-order valence-electron chi connectivity index (χ4n) is 3.46. The first-order valence-electron chi connectivity index (χ1n) is 9.67. The van der Waals surface area contributed by atoms with Gasteiger partial charge in [0.15, 0.2) is 11.2 Å². The van der Waals surface area contributed by atoms with Crippen molar-refractivity contribution in [3.8, 4) is 0 Å². The van der Waals surface area contributed by atoms with Crippen LogP contribution in [0.4, 0.5) is 5.95 Å². The first-order valence-corrected chi connectivity index (χ1v) is 10.4. The molecule has 4 aromatic rings. The summed E-state index contributed by atoms with van der Waals surface area (Å²) in [4.78, 5) is 33.9. The Morgan fingerprint density at radius 1 is 1.10 bits per heavy atom. The smallest absolute Gasteiger partial charge is 0.332 e. The van der Waals surface area contributed by atoms with Gasteiger partial charge in [-0.25, -0.2) is 9.78 Å². The van der Waals surface area contributed by atoms with E-state index in [-0.39, 0.29) is 6.54 Å². The second-order valence-electron chi connectivity index (χ2n) is 7.18. The number of anilines is 1. The average Bonchev–Trinajstić information content (AvgIpc) is 3.39. The van der Waals surface area contributed by atoms with Crippen LogP contribution in [0.25, 0.3) is 11.2 Å². The molecule has 162 valence electrons. The largest absolute Gasteiger partial charge is 0.356 e. The van der Waals surface area contributed by atoms with Gasteiger partial charge in [-0.05, 0) is 18.6 Å². The number of nitrogens with zero attached hydrogens (tertiary/aromatic N) is 6. The van der Waals surface area contributed by atoms with Crippen LogP contribution in [0.1, 0.15) is 12.0 Å². The van der Waals surface area contributed by atoms with E-state index in [1.165, 1.54) is 11.6 Å². The molecule has 3 aromatic heterocycles. The highest BCUT2D eigenvalue weighted by Gasteiger charge is 2.20. The average molecular weight is 462 g/mol. The van der Waals surface area contributed by atoms with E-state index in [0.717, 1.165) is 17.5 Å². The normalized spacial score (nSPS) is 11.4. The summed E-state index contributed by atoms with van der Waals surface area (Å²) in [7, 11) is 3.04. The fraction of sp³-hybridized carbons (Fsp3) is 0.300. The number of halogens is 2. The maximum atomic E-state index is 13.0. The zero-order valence-electron chi connectivity index (χ0n) is 17.0. The standard InChI is InChI=1S/C20H21Cl2N7O2/c1-26-17-16(18(30)27(2)20(26)31)29(11-13-14(21)5-3-6-15(13)22)19(25-17)24-7-4-9-28-10-8-23-12-28/h3,5-6,8,10,12H,4,7,9,11H2,1-2H3,(H,24,25). The van der Waals surface area contributed by atoms with Gasteiger partial charge in [-0.1, -0.05) is 29.3 Å². The highest BCUT2D eigenvalue weighted by atomic mass is 35.5. The Hall–Kier alpha value is -3.04. The Bertz CT molecular complexity index is 1330. The first kappa shape index (κ1) is 21.2. The van der Waals surface area contributed by atoms with Gasteiger partial charge in [0.05, 0.1) is 12.9 Å². The number of fused-ring (bicyclic) bond motifs is 1. The molecule has 3 heterocycles. The summed E-state index contributed by atoms with van der Waals surface area (Å²) in [5.74, 6) is 0.468. The molecule has 0 fully saturated rings. The lowest BCUT2D eigenvalue weighted by molar-refractivity contribution is 0.656. The van der Waals surface area contributed by atoms with Crippen LogP contribution in [0, 0.1) is 0 Å². The van der Waals surface area contributed by atoms with Crippen molar-refractivity contribution in [2.75, 3.05) is 11.9 Å². The quantitative estimate of drug-likeness (QED) is 0.426. The summed E-state index contributed by atoms with van der Waals surface area (Å²) in [6.45, 7) is 1.61. The number of rotatable bonds is 7. The Morgan fingerprint density at radius 2 is 1.84 bits per heavy atom. The SMILES string of the molecule is Cn1c(=O)c2c(nc(NCCCn3ccnc3)n2Cc2c(Cl)cccc2Cl)n(C)c1=O. The third-order valence-electron chi connectivity index (χ3n) is 5.16. The van der Waals surface area contributed by atoms with Crippen LogP contribution < -0.4 is 16.6 Å². The molecule has 11 heteroatoms. The topological polar surface area (TPSA) is 91.7 Å². The summed E-state index contributed by atoms with van der Waals surface area (Å²) in [6.07, 6.45) is 6.20. The predicted molar refractivity (Wildman–Crippen MR) is 121 cm³/mol. The van der Waals surface area contributed by atoms with Gasteiger partial charge in [-0.2, -0.15) is 4.98 Å². The van der Waals surface area contributed by atoms with Crippen molar-refractivity contribution in [3.63, 3.8) is 0 Å². The molecule has 0 unspecified atom stereocenters. The molecule has 1 aromatic carbocycles. The second-order valence-corrected chi connectivity index (χ2v) is 7.99. The van der Waals surface area contributed by atoms with E-state index in [1.807, 2.05) is 10.8 Å². The van der Waals surface area contributed by atoms with E-state index in [4.69, 9.17) is 23.2 Å². The highest BCUT2D eigenvalue weighted by Crippen LogP contribution is 2.27. The molecular formula is C20H21Cl2N7O2. The van der Waals surface area contributed by atoms with E-state index < -0.39 is 11.2 Å². The van der Waals surface area contributed by atoms with Crippen LogP contribution in [0.3, 0.4) is 0 Å². The minimum atomic E-state index is -0.440. The van der Waals surface area contributed by atoms with Crippen LogP contribution in [0.5, 0.6) is 0 Å². The van der Waals surface area contributed by atoms with E-state index >= 15 is 0 Å². The molecule has 0 saturated heterocycles. The summed E-state index contributed by atoms with van der Waals surface area (Å²) in [5.41, 5.74) is 0.401. The summed E-state index contributed by atoms with van der Waals surface area (Å²) < 4.78 is 6.13. The molecule has 0 saturated carbocycles. The monoisotopic (exact) mass is 461 g/mol. The maximum Gasteiger partial charge on any atom is 0.332 e. The fourth-order valence-corrected chi connectivity index (χ4v) is 3.97. The first-order chi connectivity index (χ1) is 14.9. The number of hydrogen-bond acceptors (Lipinski definition) is 5. The molecule has 9 nitrogen and oxygen atoms in total. The molecule has 0 aliphatic heterocycles. The van der Waals surface area contributed by atoms with Gasteiger partial charge in [0, 0.05) is 55.2 Å². The predicted octanol–water partition coefficient (Wildman–Crippen LogP) is 2.49. The molecule has 0 spiro atoms. The molecule has 0 amide bonds. The van der Waals surface area contributed by atoms with E-state index in [2.05, 4.69) is 15.3 Å². The highest BCUT2D eigenvalue weighted by molar-refractivity contribution is 6.36. The lowest BCUT2D eigenvalue weighted by Crippen LogP contribution is -2.37. The van der Waals surface area contributed by atoms with Crippen LogP contribution in [-0.4, -0.2) is 34.8 Å². The van der Waals surface area contributed by atoms with Gasteiger partial charge in [-0.15, -0.1) is 0 Å². The Balaban J connectivity index is 1.76. The summed E-state index contributed by atoms with van der Waals surface area (Å²) in [5, 5.41) is 4.26. The third-order valence-corrected chi connectivity index (χ3v) is 5.87. The molecule has 1 N–H and O–H groups in total. The van der Waals surface area contributed by atoms with Crippen LogP contribution in [-0.2, 0) is 27.2 Å². The summed E-state index contributed by atoms with van der Waals surface area (Å²) >= 11 is 12.8. The summed E-state index contributed by atoms with van der Waals surface area (Å²) in [6, 6.07) is 5.25. The molecule has 31 heavy (non-hydrogen) atoms. The molecule has 0 atom stereocenters. The van der Waals surface area contributed by atoms with Crippen LogP contribution in [0.2, 0.25) is 10.0 Å². The van der Waals surface area contributed by atoms with Gasteiger partial charge in [0.1, 0.15) is 0 Å². The van der Waals surface area contributed by atoms with Crippen LogP contribution in [0.15, 0.2) is 46.5 Å². The van der Waals surface area contributed by atoms with Crippen LogP contribution >= 0.6 is 23.2 Å². The van der Waals surface area contributed by atoms with Crippen molar-refractivity contribution in [2.45, 2.75) is 19.5 Å². The lowest BCUT2D eigenvalue weighted by atomic mass is 10.2. The van der Waals surface area contributed by atoms with E-state index in [0.29, 0.717) is 39.3 Å². The minimum Gasteiger partial charge on any atom is -0.356 e. The molecule has 0 aliphatic rings. The second kappa shape index (κ2) is 8.60. The Labute approximate surface area is 187 Å². The third kappa shape index (κ3) is 3.98. The zero-order valence-corrected chi connectivity index (χ0v) is 18.6. The lowest BCUT2D eigenvalue weighted by Gasteiger charge is -2.13.